The van der Waals surface area contributed by atoms with Crippen LogP contribution in [-0.4, -0.2) is 34.7 Å². The molecule has 1 aliphatic rings. The highest BCUT2D eigenvalue weighted by molar-refractivity contribution is 6.32. The first-order chi connectivity index (χ1) is 14.9. The lowest BCUT2D eigenvalue weighted by Crippen LogP contribution is -2.38. The number of anilines is 1. The Morgan fingerprint density at radius 3 is 2.42 bits per heavy atom. The first kappa shape index (κ1) is 20.7. The summed E-state index contributed by atoms with van der Waals surface area (Å²) in [4.78, 5) is 29.8. The van der Waals surface area contributed by atoms with Crippen molar-refractivity contribution in [3.63, 3.8) is 0 Å². The SMILES string of the molecule is CN1C(=O)[C@H]([C@H](O)c2ccc([N+](=O)[O-])cc2)N=C(c2ccccc2)c2cc(Cl)ccc21. The summed E-state index contributed by atoms with van der Waals surface area (Å²) in [7, 11) is 1.62. The van der Waals surface area contributed by atoms with E-state index in [9.17, 15) is 20.0 Å². The highest BCUT2D eigenvalue weighted by Gasteiger charge is 2.35. The smallest absolute Gasteiger partial charge is 0.269 e. The number of hydrogen-bond acceptors (Lipinski definition) is 5. The van der Waals surface area contributed by atoms with Gasteiger partial charge in [0, 0.05) is 35.3 Å². The third-order valence-corrected chi connectivity index (χ3v) is 5.45. The van der Waals surface area contributed by atoms with Crippen LogP contribution >= 0.6 is 11.6 Å². The van der Waals surface area contributed by atoms with Gasteiger partial charge in [0.1, 0.15) is 6.10 Å². The third kappa shape index (κ3) is 3.93. The molecule has 2 atom stereocenters. The fourth-order valence-corrected chi connectivity index (χ4v) is 3.75. The molecule has 0 fully saturated rings. The van der Waals surface area contributed by atoms with Gasteiger partial charge in [-0.3, -0.25) is 19.9 Å². The predicted octanol–water partition coefficient (Wildman–Crippen LogP) is 4.16. The summed E-state index contributed by atoms with van der Waals surface area (Å²) in [5.41, 5.74) is 2.86. The molecule has 156 valence electrons. The minimum Gasteiger partial charge on any atom is -0.386 e. The van der Waals surface area contributed by atoms with Crippen LogP contribution in [0.3, 0.4) is 0 Å². The van der Waals surface area contributed by atoms with Crippen LogP contribution in [0.15, 0.2) is 77.8 Å². The van der Waals surface area contributed by atoms with Gasteiger partial charge < -0.3 is 10.0 Å². The molecule has 8 heteroatoms. The van der Waals surface area contributed by atoms with Gasteiger partial charge in [-0.05, 0) is 35.9 Å². The number of non-ortho nitro benzene ring substituents is 1. The molecule has 0 aromatic heterocycles. The number of aliphatic hydroxyl groups is 1. The minimum atomic E-state index is -1.29. The topological polar surface area (TPSA) is 96.0 Å². The summed E-state index contributed by atoms with van der Waals surface area (Å²) in [5, 5.41) is 22.5. The van der Waals surface area contributed by atoms with E-state index in [1.54, 1.807) is 25.2 Å². The molecule has 3 aromatic carbocycles. The lowest BCUT2D eigenvalue weighted by molar-refractivity contribution is -0.384. The number of amides is 1. The summed E-state index contributed by atoms with van der Waals surface area (Å²) in [6.45, 7) is 0. The van der Waals surface area contributed by atoms with Crippen molar-refractivity contribution in [2.24, 2.45) is 4.99 Å². The van der Waals surface area contributed by atoms with E-state index >= 15 is 0 Å². The number of benzene rings is 3. The quantitative estimate of drug-likeness (QED) is 0.491. The Morgan fingerprint density at radius 1 is 1.10 bits per heavy atom. The fraction of sp³-hybridized carbons (Fsp3) is 0.130. The number of benzodiazepines with no additional fused rings is 1. The van der Waals surface area contributed by atoms with Crippen molar-refractivity contribution in [2.75, 3.05) is 11.9 Å². The number of nitro benzene ring substituents is 1. The number of rotatable bonds is 4. The predicted molar refractivity (Wildman–Crippen MR) is 119 cm³/mol. The number of nitro groups is 1. The monoisotopic (exact) mass is 435 g/mol. The second-order valence-corrected chi connectivity index (χ2v) is 7.58. The van der Waals surface area contributed by atoms with Crippen LogP contribution < -0.4 is 4.90 Å². The maximum atomic E-state index is 13.3. The lowest BCUT2D eigenvalue weighted by atomic mass is 9.99. The number of aliphatic hydroxyl groups excluding tert-OH is 1. The van der Waals surface area contributed by atoms with Crippen molar-refractivity contribution in [3.8, 4) is 0 Å². The number of fused-ring (bicyclic) bond motifs is 1. The van der Waals surface area contributed by atoms with E-state index in [0.717, 1.165) is 5.56 Å². The standard InChI is InChI=1S/C23H18ClN3O4/c1-26-19-12-9-16(24)13-18(19)20(14-5-3-2-4-6-14)25-21(23(26)29)22(28)15-7-10-17(11-8-15)27(30)31/h2-13,21-22,28H,1H3/t21-,22+/m0/s1. The van der Waals surface area contributed by atoms with Gasteiger partial charge in [0.05, 0.1) is 16.3 Å². The van der Waals surface area contributed by atoms with Gasteiger partial charge in [-0.15, -0.1) is 0 Å². The molecule has 31 heavy (non-hydrogen) atoms. The van der Waals surface area contributed by atoms with E-state index in [-0.39, 0.29) is 5.69 Å². The maximum absolute atomic E-state index is 13.3. The molecule has 7 nitrogen and oxygen atoms in total. The molecule has 0 bridgehead atoms. The largest absolute Gasteiger partial charge is 0.386 e. The highest BCUT2D eigenvalue weighted by atomic mass is 35.5. The maximum Gasteiger partial charge on any atom is 0.269 e. The number of likely N-dealkylation sites (N-methyl/N-ethyl adjacent to an activating group) is 1. The Morgan fingerprint density at radius 2 is 1.77 bits per heavy atom. The molecular formula is C23H18ClN3O4. The molecule has 0 radical (unpaired) electrons. The Hall–Kier alpha value is -3.55. The number of nitrogens with zero attached hydrogens (tertiary/aromatic N) is 3. The van der Waals surface area contributed by atoms with Crippen molar-refractivity contribution >= 4 is 34.6 Å². The summed E-state index contributed by atoms with van der Waals surface area (Å²) in [6, 6.07) is 18.8. The first-order valence-corrected chi connectivity index (χ1v) is 9.88. The number of carbonyl (C=O) groups excluding carboxylic acids is 1. The van der Waals surface area contributed by atoms with Crippen LogP contribution in [0.5, 0.6) is 0 Å². The normalized spacial score (nSPS) is 16.9. The zero-order valence-corrected chi connectivity index (χ0v) is 17.2. The van der Waals surface area contributed by atoms with E-state index in [2.05, 4.69) is 4.99 Å². The average molecular weight is 436 g/mol. The van der Waals surface area contributed by atoms with Crippen LogP contribution in [0.4, 0.5) is 11.4 Å². The molecule has 3 aromatic rings. The van der Waals surface area contributed by atoms with Gasteiger partial charge in [0.2, 0.25) is 0 Å². The summed E-state index contributed by atoms with van der Waals surface area (Å²) in [6.07, 6.45) is -1.29. The Bertz CT molecular complexity index is 1180. The van der Waals surface area contributed by atoms with Gasteiger partial charge in [-0.1, -0.05) is 41.9 Å². The molecule has 1 amide bonds. The fourth-order valence-electron chi connectivity index (χ4n) is 3.58. The van der Waals surface area contributed by atoms with Gasteiger partial charge >= 0.3 is 0 Å². The Balaban J connectivity index is 1.85. The molecule has 1 heterocycles. The second-order valence-electron chi connectivity index (χ2n) is 7.14. The lowest BCUT2D eigenvalue weighted by Gasteiger charge is -2.23. The van der Waals surface area contributed by atoms with E-state index < -0.39 is 23.0 Å². The van der Waals surface area contributed by atoms with Crippen LogP contribution in [0.1, 0.15) is 22.8 Å². The average Bonchev–Trinajstić information content (AvgIpc) is 2.89. The number of hydrogen-bond donors (Lipinski definition) is 1. The molecule has 4 rings (SSSR count). The van der Waals surface area contributed by atoms with Crippen LogP contribution in [0.25, 0.3) is 0 Å². The summed E-state index contributed by atoms with van der Waals surface area (Å²) < 4.78 is 0. The second kappa shape index (κ2) is 8.29. The molecule has 0 spiro atoms. The van der Waals surface area contributed by atoms with Crippen molar-refractivity contribution < 1.29 is 14.8 Å². The molecule has 0 saturated heterocycles. The molecule has 0 unspecified atom stereocenters. The van der Waals surface area contributed by atoms with E-state index in [1.807, 2.05) is 30.3 Å². The molecule has 1 aliphatic heterocycles. The number of aliphatic imine (C=N–C) groups is 1. The Labute approximate surface area is 183 Å². The highest BCUT2D eigenvalue weighted by Crippen LogP contribution is 2.33. The van der Waals surface area contributed by atoms with Gasteiger partial charge in [0.15, 0.2) is 6.04 Å². The molecule has 0 aliphatic carbocycles. The zero-order valence-electron chi connectivity index (χ0n) is 16.5. The van der Waals surface area contributed by atoms with Crippen LogP contribution in [0, 0.1) is 10.1 Å². The third-order valence-electron chi connectivity index (χ3n) is 5.22. The summed E-state index contributed by atoms with van der Waals surface area (Å²) in [5.74, 6) is -0.402. The van der Waals surface area contributed by atoms with Crippen LogP contribution in [0.2, 0.25) is 5.02 Å². The minimum absolute atomic E-state index is 0.101. The molecule has 1 N–H and O–H groups in total. The zero-order chi connectivity index (χ0) is 22.1. The van der Waals surface area contributed by atoms with Crippen molar-refractivity contribution in [2.45, 2.75) is 12.1 Å². The number of halogens is 1. The van der Waals surface area contributed by atoms with E-state index in [0.29, 0.717) is 27.5 Å². The first-order valence-electron chi connectivity index (χ1n) is 9.50. The van der Waals surface area contributed by atoms with Gasteiger partial charge in [0.25, 0.3) is 11.6 Å². The van der Waals surface area contributed by atoms with E-state index in [1.165, 1.54) is 29.2 Å². The number of carbonyl (C=O) groups is 1. The van der Waals surface area contributed by atoms with Crippen LogP contribution in [-0.2, 0) is 4.79 Å². The van der Waals surface area contributed by atoms with Gasteiger partial charge in [-0.25, -0.2) is 0 Å². The summed E-state index contributed by atoms with van der Waals surface area (Å²) >= 11 is 6.24. The van der Waals surface area contributed by atoms with E-state index in [4.69, 9.17) is 11.6 Å². The Kier molecular flexibility index (Phi) is 5.54. The van der Waals surface area contributed by atoms with Gasteiger partial charge in [-0.2, -0.15) is 0 Å². The molecule has 0 saturated carbocycles. The van der Waals surface area contributed by atoms with Crippen molar-refractivity contribution in [1.29, 1.82) is 0 Å². The van der Waals surface area contributed by atoms with Crippen molar-refractivity contribution in [1.82, 2.24) is 0 Å². The van der Waals surface area contributed by atoms with Crippen molar-refractivity contribution in [3.05, 3.63) is 105 Å². The molecular weight excluding hydrogens is 418 g/mol.